The topological polar surface area (TPSA) is 36.9 Å². The van der Waals surface area contributed by atoms with Crippen molar-refractivity contribution in [2.75, 3.05) is 0 Å². The van der Waals surface area contributed by atoms with E-state index in [9.17, 15) is 0 Å². The lowest BCUT2D eigenvalue weighted by molar-refractivity contribution is -0.403. The van der Waals surface area contributed by atoms with Gasteiger partial charge in [-0.25, -0.2) is 19.6 Å². The van der Waals surface area contributed by atoms with E-state index in [4.69, 9.17) is 19.6 Å². The summed E-state index contributed by atoms with van der Waals surface area (Å²) < 4.78 is 0. The summed E-state index contributed by atoms with van der Waals surface area (Å²) in [5.74, 6) is 0. The Labute approximate surface area is 226 Å². The van der Waals surface area contributed by atoms with Gasteiger partial charge in [-0.15, -0.1) is 0 Å². The van der Waals surface area contributed by atoms with Gasteiger partial charge in [-0.05, 0) is 102 Å². The van der Waals surface area contributed by atoms with Gasteiger partial charge in [-0.1, -0.05) is 77.1 Å². The summed E-state index contributed by atoms with van der Waals surface area (Å²) in [5, 5.41) is 0. The zero-order valence-electron chi connectivity index (χ0n) is 26.2. The highest BCUT2D eigenvalue weighted by Crippen LogP contribution is 2.48. The van der Waals surface area contributed by atoms with E-state index < -0.39 is 22.4 Å². The van der Waals surface area contributed by atoms with Crippen molar-refractivity contribution >= 4 is 0 Å². The van der Waals surface area contributed by atoms with Crippen LogP contribution in [-0.2, 0) is 41.6 Å². The van der Waals surface area contributed by atoms with E-state index in [1.54, 1.807) is 0 Å². The maximum Gasteiger partial charge on any atom is 0.123 e. The SMILES string of the molecule is CC(C)(C)OOC(C)(C)c1ccc(C(C)(C)C)c(C(C)(C)OOC(C)(C)C)c1C(C)(C)c1ccccc1. The van der Waals surface area contributed by atoms with Crippen LogP contribution in [0, 0.1) is 0 Å². The molecule has 0 unspecified atom stereocenters. The molecule has 0 aliphatic rings. The van der Waals surface area contributed by atoms with Gasteiger partial charge >= 0.3 is 0 Å². The van der Waals surface area contributed by atoms with E-state index in [2.05, 4.69) is 105 Å². The summed E-state index contributed by atoms with van der Waals surface area (Å²) in [4.78, 5) is 24.3. The van der Waals surface area contributed by atoms with Crippen molar-refractivity contribution in [1.29, 1.82) is 0 Å². The minimum absolute atomic E-state index is 0.134. The minimum Gasteiger partial charge on any atom is -0.230 e. The molecule has 0 aromatic heterocycles. The van der Waals surface area contributed by atoms with Gasteiger partial charge in [-0.2, -0.15) is 0 Å². The summed E-state index contributed by atoms with van der Waals surface area (Å²) in [5.41, 5.74) is 2.87. The zero-order chi connectivity index (χ0) is 28.7. The first kappa shape index (κ1) is 31.5. The lowest BCUT2D eigenvalue weighted by atomic mass is 9.66. The fourth-order valence-electron chi connectivity index (χ4n) is 4.55. The van der Waals surface area contributed by atoms with Crippen molar-refractivity contribution in [2.45, 2.75) is 137 Å². The monoisotopic (exact) mass is 512 g/mol. The van der Waals surface area contributed by atoms with Crippen molar-refractivity contribution in [1.82, 2.24) is 0 Å². The highest BCUT2D eigenvalue weighted by atomic mass is 17.2. The second kappa shape index (κ2) is 10.4. The van der Waals surface area contributed by atoms with Crippen molar-refractivity contribution in [3.63, 3.8) is 0 Å². The van der Waals surface area contributed by atoms with Crippen LogP contribution in [0.4, 0.5) is 0 Å². The van der Waals surface area contributed by atoms with Crippen molar-refractivity contribution in [2.24, 2.45) is 0 Å². The average molecular weight is 513 g/mol. The fraction of sp³-hybridized carbons (Fsp3) is 0.636. The molecule has 0 saturated carbocycles. The Morgan fingerprint density at radius 2 is 0.865 bits per heavy atom. The van der Waals surface area contributed by atoms with Crippen LogP contribution in [-0.4, -0.2) is 11.2 Å². The molecule has 0 spiro atoms. The van der Waals surface area contributed by atoms with Crippen LogP contribution in [0.1, 0.15) is 132 Å². The summed E-state index contributed by atoms with van der Waals surface area (Å²) in [6.07, 6.45) is 0. The highest BCUT2D eigenvalue weighted by molar-refractivity contribution is 5.55. The molecule has 0 radical (unpaired) electrons. The Morgan fingerprint density at radius 1 is 0.432 bits per heavy atom. The van der Waals surface area contributed by atoms with Gasteiger partial charge in [0.2, 0.25) is 0 Å². The first-order valence-corrected chi connectivity index (χ1v) is 13.5. The maximum atomic E-state index is 6.30. The van der Waals surface area contributed by atoms with E-state index in [-0.39, 0.29) is 10.8 Å². The molecule has 0 fully saturated rings. The Kier molecular flexibility index (Phi) is 8.89. The van der Waals surface area contributed by atoms with Crippen LogP contribution in [0.15, 0.2) is 42.5 Å². The Bertz CT molecular complexity index is 1040. The average Bonchev–Trinajstić information content (AvgIpc) is 2.74. The zero-order valence-corrected chi connectivity index (χ0v) is 26.2. The molecule has 208 valence electrons. The van der Waals surface area contributed by atoms with Crippen LogP contribution in [0.3, 0.4) is 0 Å². The predicted octanol–water partition coefficient (Wildman–Crippen LogP) is 9.27. The smallest absolute Gasteiger partial charge is 0.123 e. The molecule has 2 aromatic carbocycles. The van der Waals surface area contributed by atoms with E-state index in [1.165, 1.54) is 11.1 Å². The van der Waals surface area contributed by atoms with E-state index in [0.29, 0.717) is 0 Å². The van der Waals surface area contributed by atoms with Crippen LogP contribution < -0.4 is 0 Å². The predicted molar refractivity (Wildman–Crippen MR) is 154 cm³/mol. The second-order valence-corrected chi connectivity index (χ2v) is 14.7. The molecule has 37 heavy (non-hydrogen) atoms. The molecule has 0 saturated heterocycles. The largest absolute Gasteiger partial charge is 0.230 e. The molecule has 0 amide bonds. The van der Waals surface area contributed by atoms with Gasteiger partial charge < -0.3 is 0 Å². The van der Waals surface area contributed by atoms with Gasteiger partial charge in [0, 0.05) is 5.41 Å². The molecule has 0 atom stereocenters. The van der Waals surface area contributed by atoms with Crippen LogP contribution in [0.2, 0.25) is 0 Å². The Balaban J connectivity index is 2.99. The van der Waals surface area contributed by atoms with Gasteiger partial charge in [0.25, 0.3) is 0 Å². The summed E-state index contributed by atoms with van der Waals surface area (Å²) in [6, 6.07) is 15.1. The molecule has 0 aliphatic heterocycles. The number of hydrogen-bond donors (Lipinski definition) is 0. The molecular weight excluding hydrogens is 460 g/mol. The Morgan fingerprint density at radius 3 is 1.30 bits per heavy atom. The first-order chi connectivity index (χ1) is 16.5. The van der Waals surface area contributed by atoms with E-state index >= 15 is 0 Å². The lowest BCUT2D eigenvalue weighted by Gasteiger charge is -2.43. The van der Waals surface area contributed by atoms with E-state index in [0.717, 1.165) is 16.7 Å². The molecule has 0 aliphatic carbocycles. The van der Waals surface area contributed by atoms with Gasteiger partial charge in [0.05, 0.1) is 11.2 Å². The minimum atomic E-state index is -0.756. The third-order valence-electron chi connectivity index (χ3n) is 6.38. The molecule has 0 bridgehead atoms. The maximum absolute atomic E-state index is 6.30. The Hall–Kier alpha value is -1.72. The van der Waals surface area contributed by atoms with Crippen LogP contribution in [0.25, 0.3) is 0 Å². The quantitative estimate of drug-likeness (QED) is 0.261. The summed E-state index contributed by atoms with van der Waals surface area (Å²) >= 11 is 0. The summed E-state index contributed by atoms with van der Waals surface area (Å²) in [7, 11) is 0. The first-order valence-electron chi connectivity index (χ1n) is 13.5. The second-order valence-electron chi connectivity index (χ2n) is 14.7. The lowest BCUT2D eigenvalue weighted by Crippen LogP contribution is -2.39. The van der Waals surface area contributed by atoms with E-state index in [1.807, 2.05) is 41.5 Å². The number of hydrogen-bond acceptors (Lipinski definition) is 4. The van der Waals surface area contributed by atoms with Crippen molar-refractivity contribution < 1.29 is 19.6 Å². The normalized spacial score (nSPS) is 14.2. The van der Waals surface area contributed by atoms with Gasteiger partial charge in [-0.3, -0.25) is 0 Å². The highest BCUT2D eigenvalue weighted by Gasteiger charge is 2.43. The third-order valence-corrected chi connectivity index (χ3v) is 6.38. The third kappa shape index (κ3) is 7.89. The number of benzene rings is 2. The molecule has 2 aromatic rings. The van der Waals surface area contributed by atoms with Gasteiger partial charge in [0.15, 0.2) is 0 Å². The summed E-state index contributed by atoms with van der Waals surface area (Å²) in [6.45, 7) is 31.6. The van der Waals surface area contributed by atoms with Crippen LogP contribution >= 0.6 is 0 Å². The molecule has 2 rings (SSSR count). The molecule has 0 heterocycles. The molecule has 4 heteroatoms. The van der Waals surface area contributed by atoms with Crippen molar-refractivity contribution in [3.8, 4) is 0 Å². The molecule has 0 N–H and O–H groups in total. The standard InChI is InChI=1S/C33H52O4/c1-28(2,3)24-21-22-25(32(12,13)36-34-29(4,5)6)26(31(10,11)23-19-17-16-18-20-23)27(24)33(14,15)37-35-30(7,8)9/h16-22H,1-15H3. The van der Waals surface area contributed by atoms with Gasteiger partial charge in [0.1, 0.15) is 11.2 Å². The molecular formula is C33H52O4. The van der Waals surface area contributed by atoms with Crippen LogP contribution in [0.5, 0.6) is 0 Å². The number of rotatable bonds is 8. The fourth-order valence-corrected chi connectivity index (χ4v) is 4.55. The van der Waals surface area contributed by atoms with Crippen molar-refractivity contribution in [3.05, 3.63) is 70.3 Å². The molecule has 4 nitrogen and oxygen atoms in total.